The quantitative estimate of drug-likeness (QED) is 0.833. The lowest BCUT2D eigenvalue weighted by atomic mass is 10.3. The van der Waals surface area contributed by atoms with Gasteiger partial charge in [-0.1, -0.05) is 11.6 Å². The normalized spacial score (nSPS) is 11.2. The standard InChI is InChI=1S/C12H10BrClFN3O2S/c1-16-12-11(2-7(13)6-17-12)21(19,20)18-10-4-8(14)3-9(15)5-10/h2-6,18H,1H3,(H,16,17). The molecule has 1 aromatic carbocycles. The molecular weight excluding hydrogens is 385 g/mol. The van der Waals surface area contributed by atoms with Gasteiger partial charge in [0.05, 0.1) is 5.69 Å². The first-order valence-electron chi connectivity index (χ1n) is 5.64. The summed E-state index contributed by atoms with van der Waals surface area (Å²) in [7, 11) is -2.39. The molecule has 1 heterocycles. The molecule has 0 radical (unpaired) electrons. The highest BCUT2D eigenvalue weighted by atomic mass is 79.9. The van der Waals surface area contributed by atoms with Crippen LogP contribution < -0.4 is 10.0 Å². The third kappa shape index (κ3) is 3.84. The Labute approximate surface area is 134 Å². The molecule has 0 bridgehead atoms. The predicted octanol–water partition coefficient (Wildman–Crippen LogP) is 3.48. The molecule has 0 aliphatic heterocycles. The van der Waals surface area contributed by atoms with Crippen molar-refractivity contribution in [2.45, 2.75) is 4.90 Å². The van der Waals surface area contributed by atoms with E-state index in [4.69, 9.17) is 11.6 Å². The molecule has 2 N–H and O–H groups in total. The Kier molecular flexibility index (Phi) is 4.70. The Morgan fingerprint density at radius 2 is 2.00 bits per heavy atom. The molecule has 2 rings (SSSR count). The van der Waals surface area contributed by atoms with Crippen LogP contribution >= 0.6 is 27.5 Å². The monoisotopic (exact) mass is 393 g/mol. The average Bonchev–Trinajstić information content (AvgIpc) is 2.36. The van der Waals surface area contributed by atoms with Crippen LogP contribution in [-0.4, -0.2) is 20.4 Å². The van der Waals surface area contributed by atoms with E-state index >= 15 is 0 Å². The van der Waals surface area contributed by atoms with Crippen molar-refractivity contribution in [2.24, 2.45) is 0 Å². The highest BCUT2D eigenvalue weighted by Crippen LogP contribution is 2.26. The van der Waals surface area contributed by atoms with Gasteiger partial charge >= 0.3 is 0 Å². The fraction of sp³-hybridized carbons (Fsp3) is 0.0833. The summed E-state index contributed by atoms with van der Waals surface area (Å²) < 4.78 is 40.8. The maximum Gasteiger partial charge on any atom is 0.265 e. The molecular formula is C12H10BrClFN3O2S. The summed E-state index contributed by atoms with van der Waals surface area (Å²) in [5.41, 5.74) is 0.0297. The van der Waals surface area contributed by atoms with Crippen molar-refractivity contribution in [3.63, 3.8) is 0 Å². The number of halogens is 3. The van der Waals surface area contributed by atoms with Crippen LogP contribution in [0.1, 0.15) is 0 Å². The summed E-state index contributed by atoms with van der Waals surface area (Å²) in [5.74, 6) is -0.463. The molecule has 0 saturated carbocycles. The molecule has 0 aliphatic rings. The molecule has 9 heteroatoms. The number of hydrogen-bond donors (Lipinski definition) is 2. The molecule has 5 nitrogen and oxygen atoms in total. The smallest absolute Gasteiger partial charge is 0.265 e. The van der Waals surface area contributed by atoms with Gasteiger partial charge in [0.1, 0.15) is 16.5 Å². The first kappa shape index (κ1) is 16.0. The van der Waals surface area contributed by atoms with E-state index in [0.29, 0.717) is 4.47 Å². The van der Waals surface area contributed by atoms with Gasteiger partial charge in [0, 0.05) is 22.7 Å². The van der Waals surface area contributed by atoms with E-state index in [0.717, 1.165) is 12.1 Å². The molecule has 0 atom stereocenters. The number of nitrogens with zero attached hydrogens (tertiary/aromatic N) is 1. The zero-order valence-electron chi connectivity index (χ0n) is 10.7. The third-order valence-electron chi connectivity index (χ3n) is 2.46. The van der Waals surface area contributed by atoms with Gasteiger partial charge in [-0.15, -0.1) is 0 Å². The van der Waals surface area contributed by atoms with Crippen LogP contribution in [0.4, 0.5) is 15.9 Å². The van der Waals surface area contributed by atoms with Crippen LogP contribution in [0.2, 0.25) is 5.02 Å². The lowest BCUT2D eigenvalue weighted by Gasteiger charge is -2.12. The van der Waals surface area contributed by atoms with Gasteiger partial charge in [-0.05, 0) is 40.2 Å². The van der Waals surface area contributed by atoms with Crippen LogP contribution in [-0.2, 0) is 10.0 Å². The molecule has 2 aromatic rings. The Balaban J connectivity index is 2.45. The van der Waals surface area contributed by atoms with Gasteiger partial charge < -0.3 is 5.32 Å². The van der Waals surface area contributed by atoms with Crippen molar-refractivity contribution in [2.75, 3.05) is 17.1 Å². The topological polar surface area (TPSA) is 71.1 Å². The zero-order valence-corrected chi connectivity index (χ0v) is 13.9. The van der Waals surface area contributed by atoms with Gasteiger partial charge in [-0.25, -0.2) is 17.8 Å². The van der Waals surface area contributed by atoms with E-state index in [1.165, 1.54) is 18.3 Å². The van der Waals surface area contributed by atoms with Gasteiger partial charge in [0.15, 0.2) is 0 Å². The molecule has 112 valence electrons. The summed E-state index contributed by atoms with van der Waals surface area (Å²) in [6.07, 6.45) is 1.46. The van der Waals surface area contributed by atoms with Crippen molar-refractivity contribution in [3.8, 4) is 0 Å². The molecule has 21 heavy (non-hydrogen) atoms. The number of nitrogens with one attached hydrogen (secondary N) is 2. The Morgan fingerprint density at radius 3 is 2.62 bits per heavy atom. The van der Waals surface area contributed by atoms with Gasteiger partial charge in [-0.3, -0.25) is 4.72 Å². The van der Waals surface area contributed by atoms with Crippen LogP contribution in [0.5, 0.6) is 0 Å². The first-order chi connectivity index (χ1) is 9.81. The fourth-order valence-corrected chi connectivity index (χ4v) is 3.57. The first-order valence-corrected chi connectivity index (χ1v) is 8.29. The second-order valence-corrected chi connectivity index (χ2v) is 7.02. The number of benzene rings is 1. The summed E-state index contributed by atoms with van der Waals surface area (Å²) in [6, 6.07) is 4.82. The Hall–Kier alpha value is -1.38. The summed E-state index contributed by atoms with van der Waals surface area (Å²) in [6.45, 7) is 0. The van der Waals surface area contributed by atoms with Crippen LogP contribution in [0.3, 0.4) is 0 Å². The Bertz CT molecular complexity index is 766. The van der Waals surface area contributed by atoms with Crippen LogP contribution in [0, 0.1) is 5.82 Å². The predicted molar refractivity (Wildman–Crippen MR) is 83.7 cm³/mol. The van der Waals surface area contributed by atoms with Crippen molar-refractivity contribution < 1.29 is 12.8 Å². The van der Waals surface area contributed by atoms with Gasteiger partial charge in [0.25, 0.3) is 10.0 Å². The minimum Gasteiger partial charge on any atom is -0.372 e. The van der Waals surface area contributed by atoms with Crippen molar-refractivity contribution in [1.29, 1.82) is 0 Å². The summed E-state index contributed by atoms with van der Waals surface area (Å²) in [4.78, 5) is 3.89. The zero-order chi connectivity index (χ0) is 15.6. The fourth-order valence-electron chi connectivity index (χ4n) is 1.64. The van der Waals surface area contributed by atoms with Crippen molar-refractivity contribution >= 4 is 49.1 Å². The number of hydrogen-bond acceptors (Lipinski definition) is 4. The Morgan fingerprint density at radius 1 is 1.29 bits per heavy atom. The highest BCUT2D eigenvalue weighted by Gasteiger charge is 2.20. The number of rotatable bonds is 4. The third-order valence-corrected chi connectivity index (χ3v) is 4.51. The van der Waals surface area contributed by atoms with Gasteiger partial charge in [-0.2, -0.15) is 0 Å². The van der Waals surface area contributed by atoms with Crippen LogP contribution in [0.15, 0.2) is 39.8 Å². The highest BCUT2D eigenvalue weighted by molar-refractivity contribution is 9.10. The SMILES string of the molecule is CNc1ncc(Br)cc1S(=O)(=O)Nc1cc(F)cc(Cl)c1. The summed E-state index contributed by atoms with van der Waals surface area (Å²) in [5, 5.41) is 2.78. The van der Waals surface area contributed by atoms with Gasteiger partial charge in [0.2, 0.25) is 0 Å². The number of pyridine rings is 1. The molecule has 1 aromatic heterocycles. The minimum atomic E-state index is -3.94. The molecule has 0 aliphatic carbocycles. The van der Waals surface area contributed by atoms with E-state index < -0.39 is 15.8 Å². The van der Waals surface area contributed by atoms with Crippen molar-refractivity contribution in [3.05, 3.63) is 45.8 Å². The molecule has 0 saturated heterocycles. The number of anilines is 2. The van der Waals surface area contributed by atoms with Crippen LogP contribution in [0.25, 0.3) is 0 Å². The average molecular weight is 395 g/mol. The van der Waals surface area contributed by atoms with E-state index in [2.05, 4.69) is 31.0 Å². The second kappa shape index (κ2) is 6.17. The maximum absolute atomic E-state index is 13.3. The second-order valence-electron chi connectivity index (χ2n) is 4.01. The largest absolute Gasteiger partial charge is 0.372 e. The molecule has 0 spiro atoms. The lowest BCUT2D eigenvalue weighted by molar-refractivity contribution is 0.601. The number of sulfonamides is 1. The molecule has 0 unspecified atom stereocenters. The summed E-state index contributed by atoms with van der Waals surface area (Å²) >= 11 is 8.86. The minimum absolute atomic E-state index is 0.0297. The maximum atomic E-state index is 13.3. The number of aromatic nitrogens is 1. The van der Waals surface area contributed by atoms with E-state index in [9.17, 15) is 12.8 Å². The van der Waals surface area contributed by atoms with Crippen molar-refractivity contribution in [1.82, 2.24) is 4.98 Å². The molecule has 0 amide bonds. The lowest BCUT2D eigenvalue weighted by Crippen LogP contribution is -2.15. The van der Waals surface area contributed by atoms with E-state index in [-0.39, 0.29) is 21.4 Å². The van der Waals surface area contributed by atoms with E-state index in [1.54, 1.807) is 7.05 Å². The van der Waals surface area contributed by atoms with E-state index in [1.807, 2.05) is 0 Å². The molecule has 0 fully saturated rings.